The molecule has 0 amide bonds. The van der Waals surface area contributed by atoms with Crippen LogP contribution in [0.25, 0.3) is 55.3 Å². The molecule has 0 saturated heterocycles. The first kappa shape index (κ1) is 25.7. The predicted octanol–water partition coefficient (Wildman–Crippen LogP) is 9.20. The molecule has 0 aliphatic rings. The van der Waals surface area contributed by atoms with Crippen molar-refractivity contribution in [3.63, 3.8) is 0 Å². The summed E-state index contributed by atoms with van der Waals surface area (Å²) in [6.45, 7) is 0. The van der Waals surface area contributed by atoms with Crippen LogP contribution < -0.4 is 0 Å². The van der Waals surface area contributed by atoms with Gasteiger partial charge in [-0.1, -0.05) is 121 Å². The van der Waals surface area contributed by atoms with Gasteiger partial charge in [0.1, 0.15) is 5.56 Å². The number of hydrogen-bond acceptors (Lipinski definition) is 4. The van der Waals surface area contributed by atoms with Crippen LogP contribution in [-0.2, 0) is 4.74 Å². The Labute approximate surface area is 237 Å². The molecule has 0 N–H and O–H groups in total. The lowest BCUT2D eigenvalue weighted by Crippen LogP contribution is -2.07. The van der Waals surface area contributed by atoms with Crippen molar-refractivity contribution in [1.82, 2.24) is 0 Å². The highest BCUT2D eigenvalue weighted by Gasteiger charge is 2.29. The van der Waals surface area contributed by atoms with E-state index in [9.17, 15) is 14.9 Å². The third-order valence-corrected chi connectivity index (χ3v) is 7.28. The average Bonchev–Trinajstić information content (AvgIpc) is 3.04. The first-order valence-corrected chi connectivity index (χ1v) is 13.2. The second kappa shape index (κ2) is 10.9. The van der Waals surface area contributed by atoms with E-state index in [4.69, 9.17) is 4.74 Å². The first-order valence-electron chi connectivity index (χ1n) is 13.2. The van der Waals surface area contributed by atoms with E-state index in [2.05, 4.69) is 24.3 Å². The molecule has 0 bridgehead atoms. The Balaban J connectivity index is 1.95. The van der Waals surface area contributed by atoms with Gasteiger partial charge in [-0.25, -0.2) is 4.79 Å². The highest BCUT2D eigenvalue weighted by Crippen LogP contribution is 2.51. The summed E-state index contributed by atoms with van der Waals surface area (Å²) in [6, 6.07) is 43.2. The summed E-state index contributed by atoms with van der Waals surface area (Å²) >= 11 is 0. The summed E-state index contributed by atoms with van der Waals surface area (Å²) in [5, 5.41) is 13.7. The summed E-state index contributed by atoms with van der Waals surface area (Å²) in [5.74, 6) is -0.757. The monoisotopic (exact) mass is 535 g/mol. The van der Waals surface area contributed by atoms with Crippen LogP contribution in [0.2, 0.25) is 0 Å². The maximum Gasteiger partial charge on any atom is 0.344 e. The number of hydrogen-bond donors (Lipinski definition) is 0. The molecule has 0 saturated carbocycles. The maximum atomic E-state index is 12.9. The van der Waals surface area contributed by atoms with E-state index in [-0.39, 0.29) is 11.3 Å². The molecule has 6 rings (SSSR count). The Morgan fingerprint density at radius 1 is 0.561 bits per heavy atom. The van der Waals surface area contributed by atoms with Gasteiger partial charge in [-0.15, -0.1) is 0 Å². The maximum absolute atomic E-state index is 12.9. The second-order valence-electron chi connectivity index (χ2n) is 9.63. The normalized spacial score (nSPS) is 10.9. The van der Waals surface area contributed by atoms with Crippen molar-refractivity contribution in [3.8, 4) is 44.5 Å². The molecule has 6 aromatic carbocycles. The van der Waals surface area contributed by atoms with Crippen molar-refractivity contribution in [2.75, 3.05) is 7.11 Å². The van der Waals surface area contributed by atoms with Gasteiger partial charge < -0.3 is 4.74 Å². The Morgan fingerprint density at radius 3 is 1.24 bits per heavy atom. The number of nitro benzene ring substituents is 1. The zero-order chi connectivity index (χ0) is 28.3. The third kappa shape index (κ3) is 4.64. The van der Waals surface area contributed by atoms with Crippen molar-refractivity contribution in [3.05, 3.63) is 149 Å². The minimum absolute atomic E-state index is 0.0901. The molecule has 0 aliphatic carbocycles. The van der Waals surface area contributed by atoms with E-state index in [1.54, 1.807) is 6.07 Å². The van der Waals surface area contributed by atoms with Crippen molar-refractivity contribution >= 4 is 22.4 Å². The van der Waals surface area contributed by atoms with E-state index in [0.717, 1.165) is 49.9 Å². The van der Waals surface area contributed by atoms with Crippen molar-refractivity contribution in [1.29, 1.82) is 0 Å². The zero-order valence-electron chi connectivity index (χ0n) is 22.3. The molecule has 6 aromatic rings. The summed E-state index contributed by atoms with van der Waals surface area (Å²) in [7, 11) is 1.23. The van der Waals surface area contributed by atoms with Crippen LogP contribution in [0, 0.1) is 10.1 Å². The Hall–Kier alpha value is -5.55. The first-order chi connectivity index (χ1) is 20.1. The molecule has 198 valence electrons. The Kier molecular flexibility index (Phi) is 6.84. The lowest BCUT2D eigenvalue weighted by Gasteiger charge is -2.24. The molecule has 0 unspecified atom stereocenters. The van der Waals surface area contributed by atoms with Crippen LogP contribution in [0.4, 0.5) is 5.69 Å². The predicted molar refractivity (Wildman–Crippen MR) is 164 cm³/mol. The number of carbonyl (C=O) groups is 1. The van der Waals surface area contributed by atoms with Gasteiger partial charge in [-0.3, -0.25) is 10.1 Å². The zero-order valence-corrected chi connectivity index (χ0v) is 22.3. The van der Waals surface area contributed by atoms with Crippen LogP contribution in [0.3, 0.4) is 0 Å². The summed E-state index contributed by atoms with van der Waals surface area (Å²) < 4.78 is 5.00. The third-order valence-electron chi connectivity index (χ3n) is 7.28. The quantitative estimate of drug-likeness (QED) is 0.121. The Morgan fingerprint density at radius 2 is 0.902 bits per heavy atom. The molecular weight excluding hydrogens is 510 g/mol. The van der Waals surface area contributed by atoms with Gasteiger partial charge in [0.25, 0.3) is 5.69 Å². The van der Waals surface area contributed by atoms with E-state index in [0.29, 0.717) is 5.39 Å². The number of benzene rings is 6. The molecule has 5 heteroatoms. The molecule has 0 aliphatic heterocycles. The number of carbonyl (C=O) groups excluding carboxylic acids is 1. The molecule has 0 spiro atoms. The lowest BCUT2D eigenvalue weighted by atomic mass is 9.78. The van der Waals surface area contributed by atoms with Gasteiger partial charge in [-0.05, 0) is 61.3 Å². The topological polar surface area (TPSA) is 69.4 Å². The summed E-state index contributed by atoms with van der Waals surface area (Å²) in [5.41, 5.74) is 7.07. The molecule has 41 heavy (non-hydrogen) atoms. The average molecular weight is 536 g/mol. The van der Waals surface area contributed by atoms with E-state index in [1.165, 1.54) is 13.2 Å². The molecule has 0 atom stereocenters. The minimum atomic E-state index is -0.757. The largest absolute Gasteiger partial charge is 0.465 e. The number of nitro groups is 1. The molecule has 5 nitrogen and oxygen atoms in total. The molecule has 0 heterocycles. The number of ether oxygens (including phenoxy) is 1. The fraction of sp³-hybridized carbons (Fsp3) is 0.0278. The van der Waals surface area contributed by atoms with Gasteiger partial charge in [0.2, 0.25) is 0 Å². The molecular formula is C36H25NO4. The van der Waals surface area contributed by atoms with Crippen molar-refractivity contribution in [2.24, 2.45) is 0 Å². The second-order valence-corrected chi connectivity index (χ2v) is 9.63. The number of fused-ring (bicyclic) bond motifs is 1. The summed E-state index contributed by atoms with van der Waals surface area (Å²) in [4.78, 5) is 24.7. The molecule has 0 aromatic heterocycles. The smallest absolute Gasteiger partial charge is 0.344 e. The molecule has 0 fully saturated rings. The molecule has 0 radical (unpaired) electrons. The van der Waals surface area contributed by atoms with Crippen LogP contribution >= 0.6 is 0 Å². The van der Waals surface area contributed by atoms with Crippen LogP contribution in [0.5, 0.6) is 0 Å². The van der Waals surface area contributed by atoms with Crippen LogP contribution in [0.15, 0.2) is 133 Å². The van der Waals surface area contributed by atoms with Crippen molar-refractivity contribution < 1.29 is 14.5 Å². The van der Waals surface area contributed by atoms with Gasteiger partial charge in [0, 0.05) is 6.07 Å². The van der Waals surface area contributed by atoms with Gasteiger partial charge in [0.15, 0.2) is 0 Å². The van der Waals surface area contributed by atoms with Crippen LogP contribution in [0.1, 0.15) is 10.4 Å². The fourth-order valence-corrected chi connectivity index (χ4v) is 5.54. The van der Waals surface area contributed by atoms with Gasteiger partial charge >= 0.3 is 5.97 Å². The van der Waals surface area contributed by atoms with Gasteiger partial charge in [0.05, 0.1) is 12.0 Å². The standard InChI is InChI=1S/C36H25NO4/c1-41-36(38)30-22-28-29(23-31(30)37(39)40)33(25-16-8-3-9-17-25)35(27-20-12-5-13-21-27)34(26-18-10-4-11-19-26)32(28)24-14-6-2-7-15-24/h2-23H,1H3. The number of methoxy groups -OCH3 is 1. The highest BCUT2D eigenvalue weighted by atomic mass is 16.6. The van der Waals surface area contributed by atoms with E-state index in [1.807, 2.05) is 97.1 Å². The number of rotatable bonds is 6. The van der Waals surface area contributed by atoms with Crippen molar-refractivity contribution in [2.45, 2.75) is 0 Å². The van der Waals surface area contributed by atoms with Crippen LogP contribution in [-0.4, -0.2) is 18.0 Å². The minimum Gasteiger partial charge on any atom is -0.465 e. The van der Waals surface area contributed by atoms with Gasteiger partial charge in [-0.2, -0.15) is 0 Å². The fourth-order valence-electron chi connectivity index (χ4n) is 5.54. The highest BCUT2D eigenvalue weighted by molar-refractivity contribution is 6.20. The lowest BCUT2D eigenvalue weighted by molar-refractivity contribution is -0.385. The van der Waals surface area contributed by atoms with E-state index < -0.39 is 10.9 Å². The Bertz CT molecular complexity index is 1890. The number of nitrogens with zero attached hydrogens (tertiary/aromatic N) is 1. The number of esters is 1. The summed E-state index contributed by atoms with van der Waals surface area (Å²) in [6.07, 6.45) is 0. The van der Waals surface area contributed by atoms with E-state index >= 15 is 0 Å². The SMILES string of the molecule is COC(=O)c1cc2c(-c3ccccc3)c(-c3ccccc3)c(-c3ccccc3)c(-c3ccccc3)c2cc1[N+](=O)[O-].